The fourth-order valence-corrected chi connectivity index (χ4v) is 1.98. The first kappa shape index (κ1) is 12.7. The average molecular weight is 261 g/mol. The summed E-state index contributed by atoms with van der Waals surface area (Å²) in [6.07, 6.45) is 3.77. The third-order valence-corrected chi connectivity index (χ3v) is 3.20. The molecule has 0 saturated carbocycles. The molecule has 1 aromatic carbocycles. The van der Waals surface area contributed by atoms with Crippen LogP contribution in [0.3, 0.4) is 0 Å². The highest BCUT2D eigenvalue weighted by atomic mass is 32.2. The van der Waals surface area contributed by atoms with E-state index >= 15 is 0 Å². The maximum atomic E-state index is 5.86. The van der Waals surface area contributed by atoms with Crippen LogP contribution in [0, 0.1) is 6.92 Å². The van der Waals surface area contributed by atoms with Crippen LogP contribution >= 0.6 is 11.8 Å². The molecule has 1 aromatic heterocycles. The number of aryl methyl sites for hydroxylation is 1. The zero-order valence-electron chi connectivity index (χ0n) is 10.6. The third-order valence-electron chi connectivity index (χ3n) is 2.42. The molecule has 0 saturated heterocycles. The summed E-state index contributed by atoms with van der Waals surface area (Å²) in [4.78, 5) is 9.53. The van der Waals surface area contributed by atoms with Crippen molar-refractivity contribution in [2.24, 2.45) is 0 Å². The average Bonchev–Trinajstić information content (AvgIpc) is 2.42. The molecule has 4 nitrogen and oxygen atoms in total. The van der Waals surface area contributed by atoms with Crippen LogP contribution in [0.1, 0.15) is 5.56 Å². The molecule has 0 amide bonds. The lowest BCUT2D eigenvalue weighted by molar-refractivity contribution is 0.448. The van der Waals surface area contributed by atoms with Crippen molar-refractivity contribution < 1.29 is 4.74 Å². The minimum atomic E-state index is 0.553. The topological polar surface area (TPSA) is 47.0 Å². The van der Waals surface area contributed by atoms with E-state index in [1.54, 1.807) is 25.0 Å². The van der Waals surface area contributed by atoms with Gasteiger partial charge in [-0.15, -0.1) is 11.8 Å². The van der Waals surface area contributed by atoms with Crippen LogP contribution in [0.5, 0.6) is 11.6 Å². The summed E-state index contributed by atoms with van der Waals surface area (Å²) in [6, 6.07) is 7.90. The van der Waals surface area contributed by atoms with Crippen molar-refractivity contribution in [1.82, 2.24) is 9.97 Å². The van der Waals surface area contributed by atoms with E-state index in [2.05, 4.69) is 15.3 Å². The number of nitrogens with zero attached hydrogens (tertiary/aromatic N) is 2. The van der Waals surface area contributed by atoms with Gasteiger partial charge in [-0.25, -0.2) is 4.98 Å². The minimum Gasteiger partial charge on any atom is -0.437 e. The van der Waals surface area contributed by atoms with Crippen molar-refractivity contribution in [2.45, 2.75) is 11.8 Å². The largest absolute Gasteiger partial charge is 0.437 e. The zero-order chi connectivity index (χ0) is 13.0. The Labute approximate surface area is 111 Å². The second-order valence-corrected chi connectivity index (χ2v) is 4.53. The Balaban J connectivity index is 2.33. The molecule has 5 heteroatoms. The summed E-state index contributed by atoms with van der Waals surface area (Å²) in [5.41, 5.74) is 0.907. The Morgan fingerprint density at radius 3 is 2.78 bits per heavy atom. The van der Waals surface area contributed by atoms with Gasteiger partial charge in [-0.3, -0.25) is 0 Å². The number of aromatic nitrogens is 2. The van der Waals surface area contributed by atoms with Gasteiger partial charge >= 0.3 is 0 Å². The smallest absolute Gasteiger partial charge is 0.227 e. The van der Waals surface area contributed by atoms with Crippen molar-refractivity contribution in [3.05, 3.63) is 36.0 Å². The molecular formula is C13H15N3OS. The Bertz CT molecular complexity index is 546. The van der Waals surface area contributed by atoms with Gasteiger partial charge in [-0.1, -0.05) is 12.1 Å². The highest BCUT2D eigenvalue weighted by Crippen LogP contribution is 2.31. The standard InChI is InChI=1S/C13H15N3OS/c1-9-8-15-13(14-2)16-12(9)17-10-6-4-5-7-11(10)18-3/h4-8H,1-3H3,(H,14,15,16). The number of ether oxygens (including phenoxy) is 1. The summed E-state index contributed by atoms with van der Waals surface area (Å²) in [6.45, 7) is 1.93. The molecule has 0 aliphatic carbocycles. The Hall–Kier alpha value is -1.75. The van der Waals surface area contributed by atoms with E-state index in [-0.39, 0.29) is 0 Å². The van der Waals surface area contributed by atoms with E-state index in [4.69, 9.17) is 4.74 Å². The Morgan fingerprint density at radius 1 is 1.28 bits per heavy atom. The van der Waals surface area contributed by atoms with Gasteiger partial charge in [0.05, 0.1) is 0 Å². The van der Waals surface area contributed by atoms with Gasteiger partial charge in [-0.2, -0.15) is 4.98 Å². The lowest BCUT2D eigenvalue weighted by Crippen LogP contribution is -2.00. The first-order valence-corrected chi connectivity index (χ1v) is 6.79. The number of hydrogen-bond donors (Lipinski definition) is 1. The lowest BCUT2D eigenvalue weighted by atomic mass is 10.3. The molecule has 0 bridgehead atoms. The van der Waals surface area contributed by atoms with Crippen LogP contribution < -0.4 is 10.1 Å². The normalized spacial score (nSPS) is 10.2. The number of nitrogens with one attached hydrogen (secondary N) is 1. The van der Waals surface area contributed by atoms with Gasteiger partial charge in [-0.05, 0) is 25.3 Å². The fraction of sp³-hybridized carbons (Fsp3) is 0.231. The molecule has 0 radical (unpaired) electrons. The van der Waals surface area contributed by atoms with E-state index in [0.717, 1.165) is 16.2 Å². The van der Waals surface area contributed by atoms with Crippen molar-refractivity contribution in [3.63, 3.8) is 0 Å². The van der Waals surface area contributed by atoms with E-state index in [9.17, 15) is 0 Å². The molecule has 0 unspecified atom stereocenters. The first-order valence-electron chi connectivity index (χ1n) is 5.57. The monoisotopic (exact) mass is 261 g/mol. The maximum Gasteiger partial charge on any atom is 0.227 e. The van der Waals surface area contributed by atoms with Crippen molar-refractivity contribution >= 4 is 17.7 Å². The summed E-state index contributed by atoms with van der Waals surface area (Å²) in [5.74, 6) is 1.95. The van der Waals surface area contributed by atoms with Crippen LogP contribution in [0.4, 0.5) is 5.95 Å². The second-order valence-electron chi connectivity index (χ2n) is 3.68. The fourth-order valence-electron chi connectivity index (χ4n) is 1.46. The summed E-state index contributed by atoms with van der Waals surface area (Å²) < 4.78 is 5.86. The highest BCUT2D eigenvalue weighted by molar-refractivity contribution is 7.98. The molecule has 1 heterocycles. The number of benzene rings is 1. The van der Waals surface area contributed by atoms with Gasteiger partial charge < -0.3 is 10.1 Å². The van der Waals surface area contributed by atoms with Crippen LogP contribution in [0.15, 0.2) is 35.4 Å². The second kappa shape index (κ2) is 5.73. The number of anilines is 1. The predicted octanol–water partition coefficient (Wildman–Crippen LogP) is 3.34. The van der Waals surface area contributed by atoms with E-state index in [1.807, 2.05) is 37.4 Å². The quantitative estimate of drug-likeness (QED) is 0.855. The van der Waals surface area contributed by atoms with Crippen molar-refractivity contribution in [3.8, 4) is 11.6 Å². The minimum absolute atomic E-state index is 0.553. The molecule has 2 rings (SSSR count). The van der Waals surface area contributed by atoms with Crippen LogP contribution in [-0.4, -0.2) is 23.3 Å². The van der Waals surface area contributed by atoms with Gasteiger partial charge in [0.15, 0.2) is 0 Å². The molecule has 18 heavy (non-hydrogen) atoms. The van der Waals surface area contributed by atoms with Gasteiger partial charge in [0, 0.05) is 23.7 Å². The van der Waals surface area contributed by atoms with Crippen LogP contribution in [-0.2, 0) is 0 Å². The number of rotatable bonds is 4. The van der Waals surface area contributed by atoms with E-state index < -0.39 is 0 Å². The van der Waals surface area contributed by atoms with Crippen molar-refractivity contribution in [1.29, 1.82) is 0 Å². The molecule has 94 valence electrons. The van der Waals surface area contributed by atoms with E-state index in [0.29, 0.717) is 11.8 Å². The van der Waals surface area contributed by atoms with Crippen LogP contribution in [0.25, 0.3) is 0 Å². The number of para-hydroxylation sites is 1. The first-order chi connectivity index (χ1) is 8.74. The maximum absolute atomic E-state index is 5.86. The van der Waals surface area contributed by atoms with E-state index in [1.165, 1.54) is 0 Å². The van der Waals surface area contributed by atoms with Gasteiger partial charge in [0.1, 0.15) is 5.75 Å². The molecule has 0 fully saturated rings. The summed E-state index contributed by atoms with van der Waals surface area (Å²) >= 11 is 1.65. The number of thioether (sulfide) groups is 1. The summed E-state index contributed by atoms with van der Waals surface area (Å²) in [7, 11) is 1.78. The molecule has 0 atom stereocenters. The Kier molecular flexibility index (Phi) is 4.04. The third kappa shape index (κ3) is 2.73. The Morgan fingerprint density at radius 2 is 2.06 bits per heavy atom. The number of hydrogen-bond acceptors (Lipinski definition) is 5. The van der Waals surface area contributed by atoms with Gasteiger partial charge in [0.25, 0.3) is 0 Å². The lowest BCUT2D eigenvalue weighted by Gasteiger charge is -2.11. The highest BCUT2D eigenvalue weighted by Gasteiger charge is 2.08. The zero-order valence-corrected chi connectivity index (χ0v) is 11.4. The molecule has 0 aliphatic heterocycles. The summed E-state index contributed by atoms with van der Waals surface area (Å²) in [5, 5.41) is 2.90. The van der Waals surface area contributed by atoms with Crippen LogP contribution in [0.2, 0.25) is 0 Å². The predicted molar refractivity (Wildman–Crippen MR) is 74.6 cm³/mol. The SMILES string of the molecule is CNc1ncc(C)c(Oc2ccccc2SC)n1. The molecule has 0 aliphatic rings. The molecule has 2 aromatic rings. The van der Waals surface area contributed by atoms with Crippen molar-refractivity contribution in [2.75, 3.05) is 18.6 Å². The molecule has 1 N–H and O–H groups in total. The molecular weight excluding hydrogens is 246 g/mol. The molecule has 0 spiro atoms. The van der Waals surface area contributed by atoms with Gasteiger partial charge in [0.2, 0.25) is 11.8 Å².